The van der Waals surface area contributed by atoms with Crippen LogP contribution in [0, 0.1) is 17.2 Å². The highest BCUT2D eigenvalue weighted by molar-refractivity contribution is 6.03. The molecule has 0 spiro atoms. The molecule has 2 heterocycles. The number of nitriles is 1. The monoisotopic (exact) mass is 383 g/mol. The number of Topliss-reactive ketones (excluding diaryl/α,β-unsaturated/α-hetero) is 1. The summed E-state index contributed by atoms with van der Waals surface area (Å²) in [6.45, 7) is 3.77. The Morgan fingerprint density at radius 1 is 1.25 bits per heavy atom. The van der Waals surface area contributed by atoms with E-state index in [-0.39, 0.29) is 29.8 Å². The summed E-state index contributed by atoms with van der Waals surface area (Å²) in [4.78, 5) is 29.9. The Morgan fingerprint density at radius 3 is 2.46 bits per heavy atom. The first-order valence-electron chi connectivity index (χ1n) is 9.72. The molecule has 0 bridgehead atoms. The van der Waals surface area contributed by atoms with Gasteiger partial charge >= 0.3 is 5.97 Å². The van der Waals surface area contributed by atoms with Gasteiger partial charge in [0.25, 0.3) is 0 Å². The maximum absolute atomic E-state index is 13.0. The fourth-order valence-electron chi connectivity index (χ4n) is 4.15. The third-order valence-corrected chi connectivity index (χ3v) is 5.50. The number of ketones is 1. The van der Waals surface area contributed by atoms with E-state index in [1.54, 1.807) is 6.92 Å². The lowest BCUT2D eigenvalue weighted by molar-refractivity contribution is -0.899. The van der Waals surface area contributed by atoms with Crippen LogP contribution < -0.4 is 14.7 Å². The Balaban J connectivity index is 1.77. The molecule has 1 fully saturated rings. The Kier molecular flexibility index (Phi) is 6.00. The molecule has 7 nitrogen and oxygen atoms in total. The number of rotatable bonds is 5. The summed E-state index contributed by atoms with van der Waals surface area (Å²) in [5.41, 5.74) is 2.09. The number of nitrogens with zero attached hydrogens (tertiary/aromatic N) is 3. The van der Waals surface area contributed by atoms with Crippen LogP contribution in [0.25, 0.3) is 0 Å². The summed E-state index contributed by atoms with van der Waals surface area (Å²) >= 11 is 0. The van der Waals surface area contributed by atoms with Gasteiger partial charge in [-0.3, -0.25) is 9.59 Å². The van der Waals surface area contributed by atoms with Crippen molar-refractivity contribution in [3.63, 3.8) is 0 Å². The van der Waals surface area contributed by atoms with Crippen molar-refractivity contribution in [1.29, 1.82) is 5.26 Å². The number of benzene rings is 1. The van der Waals surface area contributed by atoms with Crippen LogP contribution in [-0.2, 0) is 14.3 Å². The number of hydrogen-bond donors (Lipinski definition) is 1. The number of ether oxygens (including phenoxy) is 1. The third kappa shape index (κ3) is 3.73. The lowest BCUT2D eigenvalue weighted by Gasteiger charge is -2.28. The second-order valence-electron chi connectivity index (χ2n) is 7.31. The van der Waals surface area contributed by atoms with Gasteiger partial charge in [0.15, 0.2) is 0 Å². The van der Waals surface area contributed by atoms with E-state index in [0.717, 1.165) is 35.7 Å². The van der Waals surface area contributed by atoms with Gasteiger partial charge < -0.3 is 19.4 Å². The largest absolute Gasteiger partial charge is 0.466 e. The molecule has 2 atom stereocenters. The zero-order valence-electron chi connectivity index (χ0n) is 16.7. The summed E-state index contributed by atoms with van der Waals surface area (Å²) in [5.74, 6) is 0.0584. The van der Waals surface area contributed by atoms with Gasteiger partial charge in [0.05, 0.1) is 31.1 Å². The molecular weight excluding hydrogens is 356 g/mol. The first-order valence-corrected chi connectivity index (χ1v) is 9.72. The highest BCUT2D eigenvalue weighted by Crippen LogP contribution is 2.40. The number of hydrogen-bond acceptors (Lipinski definition) is 6. The Labute approximate surface area is 165 Å². The van der Waals surface area contributed by atoms with Crippen molar-refractivity contribution in [3.8, 4) is 6.07 Å². The first-order chi connectivity index (χ1) is 13.5. The number of piperidine rings is 1. The Morgan fingerprint density at radius 2 is 1.89 bits per heavy atom. The predicted molar refractivity (Wildman–Crippen MR) is 106 cm³/mol. The highest BCUT2D eigenvalue weighted by Gasteiger charge is 2.35. The summed E-state index contributed by atoms with van der Waals surface area (Å²) in [5, 5.41) is 9.75. The van der Waals surface area contributed by atoms with Crippen molar-refractivity contribution in [2.24, 2.45) is 5.92 Å². The SMILES string of the molecule is CCOC(=O)[C@H]1CCC[NH+](CC(=O)C(C#N)=C2N(C)c3ccccc3N2C)C1. The molecule has 0 aromatic heterocycles. The molecule has 2 aliphatic rings. The molecule has 1 aromatic rings. The fraction of sp³-hybridized carbons (Fsp3) is 0.476. The average Bonchev–Trinajstić information content (AvgIpc) is 2.95. The summed E-state index contributed by atoms with van der Waals surface area (Å²) < 4.78 is 5.14. The van der Waals surface area contributed by atoms with E-state index in [0.29, 0.717) is 19.0 Å². The minimum absolute atomic E-state index is 0.159. The number of anilines is 2. The van der Waals surface area contributed by atoms with Gasteiger partial charge in [-0.2, -0.15) is 5.26 Å². The summed E-state index contributed by atoms with van der Waals surface area (Å²) in [7, 11) is 3.74. The molecule has 0 saturated carbocycles. The van der Waals surface area contributed by atoms with E-state index < -0.39 is 0 Å². The number of para-hydroxylation sites is 2. The fourth-order valence-corrected chi connectivity index (χ4v) is 4.15. The number of esters is 1. The molecule has 1 unspecified atom stereocenters. The van der Waals surface area contributed by atoms with E-state index in [1.165, 1.54) is 0 Å². The van der Waals surface area contributed by atoms with E-state index in [1.807, 2.05) is 48.2 Å². The van der Waals surface area contributed by atoms with Gasteiger partial charge in [-0.1, -0.05) is 12.1 Å². The van der Waals surface area contributed by atoms with Crippen LogP contribution in [0.5, 0.6) is 0 Å². The maximum atomic E-state index is 13.0. The van der Waals surface area contributed by atoms with Crippen molar-refractivity contribution < 1.29 is 19.2 Å². The first kappa shape index (κ1) is 19.9. The summed E-state index contributed by atoms with van der Waals surface area (Å²) in [6, 6.07) is 9.94. The summed E-state index contributed by atoms with van der Waals surface area (Å²) in [6.07, 6.45) is 1.67. The van der Waals surface area contributed by atoms with Crippen LogP contribution in [0.3, 0.4) is 0 Å². The van der Waals surface area contributed by atoms with E-state index >= 15 is 0 Å². The highest BCUT2D eigenvalue weighted by atomic mass is 16.5. The van der Waals surface area contributed by atoms with Crippen LogP contribution >= 0.6 is 0 Å². The van der Waals surface area contributed by atoms with Crippen molar-refractivity contribution in [2.75, 3.05) is 50.1 Å². The number of nitrogens with one attached hydrogen (secondary N) is 1. The number of carbonyl (C=O) groups is 2. The molecule has 3 rings (SSSR count). The zero-order valence-corrected chi connectivity index (χ0v) is 16.7. The van der Waals surface area contributed by atoms with Crippen LogP contribution in [0.1, 0.15) is 19.8 Å². The minimum Gasteiger partial charge on any atom is -0.466 e. The molecule has 0 aliphatic carbocycles. The van der Waals surface area contributed by atoms with Gasteiger partial charge in [-0.05, 0) is 31.9 Å². The number of quaternary nitrogens is 1. The van der Waals surface area contributed by atoms with E-state index in [9.17, 15) is 14.9 Å². The molecule has 7 heteroatoms. The molecule has 1 aromatic carbocycles. The lowest BCUT2D eigenvalue weighted by atomic mass is 9.97. The second kappa shape index (κ2) is 8.44. The van der Waals surface area contributed by atoms with Crippen LogP contribution in [0.2, 0.25) is 0 Å². The van der Waals surface area contributed by atoms with E-state index in [2.05, 4.69) is 6.07 Å². The lowest BCUT2D eigenvalue weighted by Crippen LogP contribution is -3.14. The molecule has 0 amide bonds. The van der Waals surface area contributed by atoms with Crippen LogP contribution in [0.15, 0.2) is 35.7 Å². The van der Waals surface area contributed by atoms with Gasteiger partial charge in [0, 0.05) is 14.1 Å². The Bertz CT molecular complexity index is 811. The van der Waals surface area contributed by atoms with Gasteiger partial charge in [0.1, 0.15) is 29.9 Å². The normalized spacial score (nSPS) is 21.1. The third-order valence-electron chi connectivity index (χ3n) is 5.50. The van der Waals surface area contributed by atoms with Crippen molar-refractivity contribution in [2.45, 2.75) is 19.8 Å². The molecule has 28 heavy (non-hydrogen) atoms. The van der Waals surface area contributed by atoms with Crippen molar-refractivity contribution in [1.82, 2.24) is 0 Å². The average molecular weight is 383 g/mol. The molecular formula is C21H27N4O3+. The minimum atomic E-state index is -0.191. The predicted octanol–water partition coefficient (Wildman–Crippen LogP) is 0.735. The van der Waals surface area contributed by atoms with Crippen LogP contribution in [0.4, 0.5) is 11.4 Å². The smallest absolute Gasteiger partial charge is 0.314 e. The molecule has 0 radical (unpaired) electrons. The number of carbonyl (C=O) groups excluding carboxylic acids is 2. The van der Waals surface area contributed by atoms with Crippen molar-refractivity contribution >= 4 is 23.1 Å². The molecule has 1 N–H and O–H groups in total. The van der Waals surface area contributed by atoms with Gasteiger partial charge in [0.2, 0.25) is 5.78 Å². The van der Waals surface area contributed by atoms with Crippen molar-refractivity contribution in [3.05, 3.63) is 35.7 Å². The quantitative estimate of drug-likeness (QED) is 0.459. The second-order valence-corrected chi connectivity index (χ2v) is 7.31. The van der Waals surface area contributed by atoms with E-state index in [4.69, 9.17) is 4.74 Å². The maximum Gasteiger partial charge on any atom is 0.314 e. The topological polar surface area (TPSA) is 78.1 Å². The number of likely N-dealkylation sites (tertiary alicyclic amines) is 1. The standard InChI is InChI=1S/C21H26N4O3/c1-4-28-21(27)15-8-7-11-25(13-15)14-19(26)16(12-22)20-23(2)17-9-5-6-10-18(17)24(20)3/h5-6,9-10,15H,4,7-8,11,13-14H2,1-3H3/p+1/t15-/m0/s1. The molecule has 2 aliphatic heterocycles. The Hall–Kier alpha value is -2.85. The molecule has 148 valence electrons. The van der Waals surface area contributed by atoms with Gasteiger partial charge in [-0.15, -0.1) is 0 Å². The zero-order chi connectivity index (χ0) is 20.3. The number of fused-ring (bicyclic) bond motifs is 1. The molecule has 1 saturated heterocycles. The van der Waals surface area contributed by atoms with Gasteiger partial charge in [-0.25, -0.2) is 0 Å². The van der Waals surface area contributed by atoms with Crippen LogP contribution in [-0.4, -0.2) is 52.1 Å².